The largest absolute Gasteiger partial charge is 1.00 e. The summed E-state index contributed by atoms with van der Waals surface area (Å²) < 4.78 is 1.77. The number of hydrogen-bond acceptors (Lipinski definition) is 5. The van der Waals surface area contributed by atoms with Crippen molar-refractivity contribution >= 4 is 28.0 Å². The Labute approximate surface area is 185 Å². The van der Waals surface area contributed by atoms with E-state index in [0.29, 0.717) is 17.7 Å². The number of aromatic carboxylic acids is 1. The second-order valence-electron chi connectivity index (χ2n) is 6.70. The van der Waals surface area contributed by atoms with Crippen molar-refractivity contribution in [3.8, 4) is 11.3 Å². The van der Waals surface area contributed by atoms with Crippen molar-refractivity contribution in [3.63, 3.8) is 0 Å². The van der Waals surface area contributed by atoms with Gasteiger partial charge in [0.05, 0.1) is 23.3 Å². The first-order chi connectivity index (χ1) is 14.2. The molecule has 3 heterocycles. The van der Waals surface area contributed by atoms with E-state index in [-0.39, 0.29) is 25.9 Å². The van der Waals surface area contributed by atoms with E-state index in [0.717, 1.165) is 27.7 Å². The molecular weight excluding hydrogens is 373 g/mol. The van der Waals surface area contributed by atoms with E-state index in [1.165, 1.54) is 0 Å². The van der Waals surface area contributed by atoms with Crippen LogP contribution in [0.1, 0.15) is 17.3 Å². The van der Waals surface area contributed by atoms with Crippen LogP contribution in [0.2, 0.25) is 0 Å². The molecule has 0 bridgehead atoms. The Kier molecular flexibility index (Phi) is 5.32. The first-order valence-electron chi connectivity index (χ1n) is 9.05. The summed E-state index contributed by atoms with van der Waals surface area (Å²) in [5.41, 5.74) is 5.23. The van der Waals surface area contributed by atoms with Crippen LogP contribution >= 0.6 is 0 Å². The summed E-state index contributed by atoms with van der Waals surface area (Å²) in [6, 6.07) is 20.4. The van der Waals surface area contributed by atoms with Crippen LogP contribution in [0, 0.1) is 0 Å². The summed E-state index contributed by atoms with van der Waals surface area (Å²) in [5, 5.41) is 18.6. The van der Waals surface area contributed by atoms with Gasteiger partial charge in [-0.25, -0.2) is 14.5 Å². The van der Waals surface area contributed by atoms with Gasteiger partial charge in [-0.3, -0.25) is 4.98 Å². The topological polar surface area (TPSA) is 93.8 Å². The van der Waals surface area contributed by atoms with E-state index in [1.807, 2.05) is 36.4 Å². The average Bonchev–Trinajstić information content (AvgIpc) is 3.15. The number of fused-ring (bicyclic) bond motifs is 2. The first-order valence-corrected chi connectivity index (χ1v) is 9.05. The van der Waals surface area contributed by atoms with E-state index >= 15 is 0 Å². The van der Waals surface area contributed by atoms with Crippen molar-refractivity contribution in [1.82, 2.24) is 25.0 Å². The molecule has 0 saturated heterocycles. The Morgan fingerprint density at radius 1 is 1.00 bits per heavy atom. The maximum absolute atomic E-state index is 11.0. The summed E-state index contributed by atoms with van der Waals surface area (Å²) in [7, 11) is 0. The zero-order chi connectivity index (χ0) is 19.8. The van der Waals surface area contributed by atoms with Crippen molar-refractivity contribution in [1.29, 1.82) is 0 Å². The molecule has 30 heavy (non-hydrogen) atoms. The maximum Gasteiger partial charge on any atom is 1.00 e. The number of pyridine rings is 2. The molecule has 0 unspecified atom stereocenters. The van der Waals surface area contributed by atoms with Gasteiger partial charge in [-0.1, -0.05) is 29.5 Å². The molecule has 0 amide bonds. The minimum Gasteiger partial charge on any atom is -1.00 e. The van der Waals surface area contributed by atoms with Gasteiger partial charge in [-0.15, -0.1) is 5.10 Å². The molecule has 0 aliphatic rings. The molecule has 5 aromatic rings. The second-order valence-corrected chi connectivity index (χ2v) is 6.70. The smallest absolute Gasteiger partial charge is 1.00 e. The third-order valence-corrected chi connectivity index (χ3v) is 4.79. The zero-order valence-corrected chi connectivity index (χ0v) is 16.2. The van der Waals surface area contributed by atoms with Crippen LogP contribution in [0.25, 0.3) is 33.3 Å². The van der Waals surface area contributed by atoms with E-state index in [9.17, 15) is 4.79 Å². The monoisotopic (exact) mass is 389 g/mol. The Morgan fingerprint density at radius 2 is 1.80 bits per heavy atom. The van der Waals surface area contributed by atoms with Crippen LogP contribution in [0.15, 0.2) is 72.9 Å². The summed E-state index contributed by atoms with van der Waals surface area (Å²) in [4.78, 5) is 20.1. The molecule has 0 saturated carbocycles. The van der Waals surface area contributed by atoms with Crippen LogP contribution in [-0.2, 0) is 6.54 Å². The fourth-order valence-corrected chi connectivity index (χ4v) is 3.30. The van der Waals surface area contributed by atoms with E-state index in [4.69, 9.17) is 10.1 Å². The normalized spacial score (nSPS) is 10.8. The summed E-state index contributed by atoms with van der Waals surface area (Å²) in [5.74, 6) is -0.951. The van der Waals surface area contributed by atoms with Crippen molar-refractivity contribution < 1.29 is 30.2 Å². The van der Waals surface area contributed by atoms with E-state index in [2.05, 4.69) is 21.4 Å². The number of nitrogens with zero attached hydrogens (tertiary/aromatic N) is 5. The summed E-state index contributed by atoms with van der Waals surface area (Å²) >= 11 is 0. The number of carboxylic acids is 1. The minimum absolute atomic E-state index is 0. The molecule has 0 aliphatic carbocycles. The molecule has 0 atom stereocenters. The molecule has 0 spiro atoms. The van der Waals surface area contributed by atoms with Crippen molar-refractivity contribution in [3.05, 3.63) is 84.1 Å². The molecule has 2 aromatic carbocycles. The molecule has 3 aromatic heterocycles. The molecule has 0 fully saturated rings. The molecule has 142 valence electrons. The van der Waals surface area contributed by atoms with Crippen LogP contribution in [0.4, 0.5) is 0 Å². The zero-order valence-electron chi connectivity index (χ0n) is 17.2. The minimum atomic E-state index is -0.951. The number of rotatable bonds is 4. The Hall–Kier alpha value is -3.53. The fourth-order valence-electron chi connectivity index (χ4n) is 3.30. The Balaban J connectivity index is 0.00000136. The number of carboxylic acid groups (broad SMARTS) is 1. The van der Waals surface area contributed by atoms with Gasteiger partial charge in [0.15, 0.2) is 5.65 Å². The molecular formula is C22H16LiN5O2. The van der Waals surface area contributed by atoms with E-state index < -0.39 is 5.97 Å². The average molecular weight is 389 g/mol. The fraction of sp³-hybridized carbons (Fsp3) is 0.0455. The van der Waals surface area contributed by atoms with Gasteiger partial charge in [0.25, 0.3) is 0 Å². The Morgan fingerprint density at radius 3 is 2.60 bits per heavy atom. The molecule has 5 rings (SSSR count). The van der Waals surface area contributed by atoms with Crippen LogP contribution in [0.5, 0.6) is 0 Å². The molecule has 1 N–H and O–H groups in total. The number of aromatic nitrogens is 5. The molecule has 0 aliphatic heterocycles. The van der Waals surface area contributed by atoms with Gasteiger partial charge in [0, 0.05) is 17.1 Å². The second kappa shape index (κ2) is 8.07. The summed E-state index contributed by atoms with van der Waals surface area (Å²) in [6.07, 6.45) is 1.78. The van der Waals surface area contributed by atoms with Gasteiger partial charge in [-0.2, -0.15) is 0 Å². The maximum atomic E-state index is 11.0. The summed E-state index contributed by atoms with van der Waals surface area (Å²) in [6.45, 7) is 0.537. The van der Waals surface area contributed by atoms with Crippen molar-refractivity contribution in [2.45, 2.75) is 6.54 Å². The van der Waals surface area contributed by atoms with Gasteiger partial charge < -0.3 is 6.53 Å². The van der Waals surface area contributed by atoms with Crippen LogP contribution < -0.4 is 18.9 Å². The van der Waals surface area contributed by atoms with Crippen LogP contribution in [0.3, 0.4) is 0 Å². The predicted octanol–water partition coefficient (Wildman–Crippen LogP) is 0.904. The standard InChI is InChI=1S/C22H15N5O2.Li.H/c28-22(29)16-6-4-15(5-7-16)19-9-10-20-21(24-19)27(26-25-20)13-14-3-8-18-17(12-14)2-1-11-23-18;;/h1-12H,13H2,(H,28,29);;/q;+1;-1. The molecule has 7 nitrogen and oxygen atoms in total. The predicted molar refractivity (Wildman–Crippen MR) is 110 cm³/mol. The molecule has 0 radical (unpaired) electrons. The number of hydrogen-bond donors (Lipinski definition) is 1. The van der Waals surface area contributed by atoms with Gasteiger partial charge in [0.1, 0.15) is 5.52 Å². The molecule has 8 heteroatoms. The third-order valence-electron chi connectivity index (χ3n) is 4.79. The van der Waals surface area contributed by atoms with E-state index in [1.54, 1.807) is 35.1 Å². The van der Waals surface area contributed by atoms with Crippen LogP contribution in [-0.4, -0.2) is 36.0 Å². The number of carbonyl (C=O) groups is 1. The first kappa shape index (κ1) is 19.8. The third kappa shape index (κ3) is 3.69. The SMILES string of the molecule is O=C(O)c1ccc(-c2ccc3nnn(Cc4ccc5ncccc5c4)c3n2)cc1.[H-].[Li+]. The van der Waals surface area contributed by atoms with Crippen molar-refractivity contribution in [2.24, 2.45) is 0 Å². The quantitative estimate of drug-likeness (QED) is 0.459. The number of benzene rings is 2. The van der Waals surface area contributed by atoms with Gasteiger partial charge >= 0.3 is 24.8 Å². The van der Waals surface area contributed by atoms with Gasteiger partial charge in [-0.05, 0) is 48.0 Å². The Bertz CT molecular complexity index is 1370. The van der Waals surface area contributed by atoms with Gasteiger partial charge in [0.2, 0.25) is 0 Å². The van der Waals surface area contributed by atoms with Crippen molar-refractivity contribution in [2.75, 3.05) is 0 Å².